The Bertz CT molecular complexity index is 742. The molecule has 0 bridgehead atoms. The monoisotopic (exact) mass is 365 g/mol. The van der Waals surface area contributed by atoms with Crippen LogP contribution >= 0.6 is 0 Å². The highest BCUT2D eigenvalue weighted by Crippen LogP contribution is 2.29. The molecule has 3 rings (SSSR count). The van der Waals surface area contributed by atoms with Crippen LogP contribution in [0.3, 0.4) is 0 Å². The second-order valence-corrected chi connectivity index (χ2v) is 9.11. The van der Waals surface area contributed by atoms with Gasteiger partial charge in [-0.15, -0.1) is 0 Å². The van der Waals surface area contributed by atoms with Gasteiger partial charge in [-0.2, -0.15) is 0 Å². The first kappa shape index (κ1) is 17.9. The Balaban J connectivity index is 1.68. The van der Waals surface area contributed by atoms with Crippen molar-refractivity contribution < 1.29 is 23.1 Å². The molecule has 0 radical (unpaired) electrons. The summed E-state index contributed by atoms with van der Waals surface area (Å²) < 4.78 is 25.1. The summed E-state index contributed by atoms with van der Waals surface area (Å²) in [7, 11) is -3.31. The Hall–Kier alpha value is -1.89. The lowest BCUT2D eigenvalue weighted by molar-refractivity contribution is -0.143. The Morgan fingerprint density at radius 3 is 2.04 bits per heavy atom. The minimum atomic E-state index is -3.31. The third-order valence-electron chi connectivity index (χ3n) is 5.30. The molecule has 2 fully saturated rings. The third kappa shape index (κ3) is 3.71. The molecule has 1 saturated heterocycles. The van der Waals surface area contributed by atoms with Crippen molar-refractivity contribution in [1.29, 1.82) is 0 Å². The number of carboxylic acid groups (broad SMARTS) is 1. The Labute approximate surface area is 147 Å². The molecule has 25 heavy (non-hydrogen) atoms. The average Bonchev–Trinajstić information content (AvgIpc) is 3.17. The molecule has 136 valence electrons. The van der Waals surface area contributed by atoms with Crippen LogP contribution in [-0.2, 0) is 14.6 Å². The normalized spacial score (nSPS) is 19.9. The SMILES string of the molecule is O=C(O)C1CCN(C(=O)c2ccc(S(=O)(=O)C3CCCC3)cc2)CC1. The number of hydrogen-bond acceptors (Lipinski definition) is 4. The number of aliphatic carboxylic acids is 1. The molecule has 1 heterocycles. The summed E-state index contributed by atoms with van der Waals surface area (Å²) in [6.07, 6.45) is 4.23. The van der Waals surface area contributed by atoms with Gasteiger partial charge < -0.3 is 10.0 Å². The lowest BCUT2D eigenvalue weighted by Crippen LogP contribution is -2.40. The molecule has 0 unspecified atom stereocenters. The summed E-state index contributed by atoms with van der Waals surface area (Å²) in [6.45, 7) is 0.829. The maximum absolute atomic E-state index is 12.6. The van der Waals surface area contributed by atoms with Crippen LogP contribution in [0.25, 0.3) is 0 Å². The van der Waals surface area contributed by atoms with Crippen molar-refractivity contribution in [3.8, 4) is 0 Å². The second kappa shape index (κ2) is 7.15. The highest BCUT2D eigenvalue weighted by atomic mass is 32.2. The van der Waals surface area contributed by atoms with E-state index in [1.807, 2.05) is 0 Å². The van der Waals surface area contributed by atoms with Gasteiger partial charge in [0.05, 0.1) is 16.1 Å². The fourth-order valence-electron chi connectivity index (χ4n) is 3.69. The van der Waals surface area contributed by atoms with Gasteiger partial charge in [-0.05, 0) is 49.9 Å². The van der Waals surface area contributed by atoms with Crippen molar-refractivity contribution >= 4 is 21.7 Å². The smallest absolute Gasteiger partial charge is 0.306 e. The molecule has 2 aliphatic rings. The molecule has 0 spiro atoms. The van der Waals surface area contributed by atoms with Gasteiger partial charge in [-0.1, -0.05) is 12.8 Å². The molecule has 1 N–H and O–H groups in total. The molecule has 0 atom stereocenters. The highest BCUT2D eigenvalue weighted by molar-refractivity contribution is 7.92. The zero-order valence-corrected chi connectivity index (χ0v) is 14.9. The highest BCUT2D eigenvalue weighted by Gasteiger charge is 2.31. The molecule has 1 aromatic carbocycles. The van der Waals surface area contributed by atoms with Gasteiger partial charge >= 0.3 is 5.97 Å². The first-order chi connectivity index (χ1) is 11.9. The van der Waals surface area contributed by atoms with Gasteiger partial charge in [0, 0.05) is 18.7 Å². The van der Waals surface area contributed by atoms with Gasteiger partial charge in [0.15, 0.2) is 9.84 Å². The van der Waals surface area contributed by atoms with Crippen molar-refractivity contribution in [2.75, 3.05) is 13.1 Å². The van der Waals surface area contributed by atoms with E-state index in [2.05, 4.69) is 0 Å². The number of nitrogens with zero attached hydrogens (tertiary/aromatic N) is 1. The van der Waals surface area contributed by atoms with Crippen molar-refractivity contribution in [2.45, 2.75) is 48.7 Å². The number of carbonyl (C=O) groups excluding carboxylic acids is 1. The molecule has 6 nitrogen and oxygen atoms in total. The number of amides is 1. The summed E-state index contributed by atoms with van der Waals surface area (Å²) >= 11 is 0. The summed E-state index contributed by atoms with van der Waals surface area (Å²) in [4.78, 5) is 25.4. The second-order valence-electron chi connectivity index (χ2n) is 6.88. The van der Waals surface area contributed by atoms with E-state index in [1.165, 1.54) is 12.1 Å². The number of benzene rings is 1. The molecular formula is C18H23NO5S. The maximum atomic E-state index is 12.6. The quantitative estimate of drug-likeness (QED) is 0.884. The number of hydrogen-bond donors (Lipinski definition) is 1. The lowest BCUT2D eigenvalue weighted by atomic mass is 9.96. The molecule has 1 aliphatic heterocycles. The van der Waals surface area contributed by atoms with E-state index in [9.17, 15) is 18.0 Å². The van der Waals surface area contributed by atoms with Crippen LogP contribution in [0.2, 0.25) is 0 Å². The average molecular weight is 365 g/mol. The Kier molecular flexibility index (Phi) is 5.13. The summed E-state index contributed by atoms with van der Waals surface area (Å²) in [5.41, 5.74) is 0.444. The minimum Gasteiger partial charge on any atom is -0.481 e. The van der Waals surface area contributed by atoms with Crippen LogP contribution in [0, 0.1) is 5.92 Å². The van der Waals surface area contributed by atoms with E-state index >= 15 is 0 Å². The van der Waals surface area contributed by atoms with E-state index in [0.29, 0.717) is 44.3 Å². The third-order valence-corrected chi connectivity index (χ3v) is 7.58. The van der Waals surface area contributed by atoms with E-state index < -0.39 is 15.8 Å². The maximum Gasteiger partial charge on any atom is 0.306 e. The number of likely N-dealkylation sites (tertiary alicyclic amines) is 1. The predicted octanol–water partition coefficient (Wildman–Crippen LogP) is 2.34. The van der Waals surface area contributed by atoms with Crippen LogP contribution in [0.5, 0.6) is 0 Å². The van der Waals surface area contributed by atoms with Crippen molar-refractivity contribution in [3.05, 3.63) is 29.8 Å². The van der Waals surface area contributed by atoms with Gasteiger partial charge in [-0.25, -0.2) is 8.42 Å². The fraction of sp³-hybridized carbons (Fsp3) is 0.556. The van der Waals surface area contributed by atoms with Gasteiger partial charge in [0.1, 0.15) is 0 Å². The van der Waals surface area contributed by atoms with E-state index in [-0.39, 0.29) is 22.0 Å². The summed E-state index contributed by atoms with van der Waals surface area (Å²) in [6, 6.07) is 6.16. The zero-order valence-electron chi connectivity index (χ0n) is 14.1. The van der Waals surface area contributed by atoms with Crippen LogP contribution in [0.1, 0.15) is 48.9 Å². The van der Waals surface area contributed by atoms with Gasteiger partial charge in [0.2, 0.25) is 0 Å². The van der Waals surface area contributed by atoms with Gasteiger partial charge in [0.25, 0.3) is 5.91 Å². The molecule has 7 heteroatoms. The zero-order chi connectivity index (χ0) is 18.0. The first-order valence-electron chi connectivity index (χ1n) is 8.75. The predicted molar refractivity (Wildman–Crippen MR) is 92.1 cm³/mol. The number of rotatable bonds is 4. The van der Waals surface area contributed by atoms with Crippen molar-refractivity contribution in [2.24, 2.45) is 5.92 Å². The van der Waals surface area contributed by atoms with Gasteiger partial charge in [-0.3, -0.25) is 9.59 Å². The molecule has 1 amide bonds. The van der Waals surface area contributed by atoms with Crippen molar-refractivity contribution in [1.82, 2.24) is 4.90 Å². The Morgan fingerprint density at radius 2 is 1.52 bits per heavy atom. The Morgan fingerprint density at radius 1 is 0.960 bits per heavy atom. The first-order valence-corrected chi connectivity index (χ1v) is 10.3. The van der Waals surface area contributed by atoms with Crippen LogP contribution in [-0.4, -0.2) is 48.6 Å². The van der Waals surface area contributed by atoms with E-state index in [4.69, 9.17) is 5.11 Å². The lowest BCUT2D eigenvalue weighted by Gasteiger charge is -2.30. The van der Waals surface area contributed by atoms with Crippen LogP contribution in [0.4, 0.5) is 0 Å². The molecule has 0 aromatic heterocycles. The fourth-order valence-corrected chi connectivity index (χ4v) is 5.54. The number of sulfone groups is 1. The van der Waals surface area contributed by atoms with E-state index in [1.54, 1.807) is 17.0 Å². The molecular weight excluding hydrogens is 342 g/mol. The number of carbonyl (C=O) groups is 2. The largest absolute Gasteiger partial charge is 0.481 e. The van der Waals surface area contributed by atoms with Crippen LogP contribution < -0.4 is 0 Å². The number of carboxylic acids is 1. The van der Waals surface area contributed by atoms with E-state index in [0.717, 1.165) is 12.8 Å². The molecule has 1 aliphatic carbocycles. The molecule has 1 aromatic rings. The van der Waals surface area contributed by atoms with Crippen molar-refractivity contribution in [3.63, 3.8) is 0 Å². The summed E-state index contributed by atoms with van der Waals surface area (Å²) in [5.74, 6) is -1.37. The minimum absolute atomic E-state index is 0.173. The topological polar surface area (TPSA) is 91.8 Å². The summed E-state index contributed by atoms with van der Waals surface area (Å²) in [5, 5.41) is 8.71. The number of piperidine rings is 1. The van der Waals surface area contributed by atoms with Crippen LogP contribution in [0.15, 0.2) is 29.2 Å². The standard InChI is InChI=1S/C18H23NO5S/c20-17(19-11-9-14(10-12-19)18(21)22)13-5-7-16(8-6-13)25(23,24)15-3-1-2-4-15/h5-8,14-15H,1-4,9-12H2,(H,21,22). The molecule has 1 saturated carbocycles.